The molecule has 10 N–H and O–H groups in total. The number of carbonyl (C=O) groups is 6. The van der Waals surface area contributed by atoms with Crippen LogP contribution in [0.4, 0.5) is 27.7 Å². The van der Waals surface area contributed by atoms with E-state index in [0.717, 1.165) is 92.8 Å². The Hall–Kier alpha value is -10.1. The standard InChI is InChI=1S/C73H89N15O13/c1-43(2)65(69(92)87-41-52(89)33-60(87)68(91)79-44(3)47-15-11-45(38-74)12-16-47)62-37-64(84-101-62)97-31-30-85-28-22-53(23-29-85)99-54-34-55(35-54)100-63-32-49(21-27-77-63)88-50-19-20-51(88)40-86(39-50)59-36-58(82-83-66(59)75)56-8-4-5-10-61(56)98-42-46-13-17-48(18-14-46)80-67(90)57(9-6-26-78-72(76)96)81-70(93)73(71(94)95)24-7-25-73/h4-5,8,10-18,21,27,32,36-37,43-44,50-55,57,60,65,89H,6-7,9,19-20,22-26,28-31,33-35,39-42H2,1-3H3,(H2,75,83)(H,79,91)(H,80,90)(H,81,93)(H,94,95)(H3,76,78,96)/t44-,50?,51?,52-,54?,55?,57+,60+,65-/m1/s1. The number of aliphatic hydroxyl groups excluding tert-OH is 1. The number of piperazine rings is 1. The molecular weight excluding hydrogens is 1290 g/mol. The van der Waals surface area contributed by atoms with Crippen molar-refractivity contribution in [3.63, 3.8) is 0 Å². The van der Waals surface area contributed by atoms with Gasteiger partial charge in [0.15, 0.2) is 11.6 Å². The second kappa shape index (κ2) is 31.6. The molecule has 101 heavy (non-hydrogen) atoms. The van der Waals surface area contributed by atoms with Gasteiger partial charge in [0.05, 0.1) is 47.4 Å². The lowest BCUT2D eigenvalue weighted by Gasteiger charge is -2.43. The minimum absolute atomic E-state index is 0.00188. The lowest BCUT2D eigenvalue weighted by Crippen LogP contribution is -2.55. The number of ether oxygens (including phenoxy) is 4. The molecule has 2 aliphatic carbocycles. The van der Waals surface area contributed by atoms with E-state index in [1.807, 2.05) is 69.4 Å². The van der Waals surface area contributed by atoms with E-state index in [1.165, 1.54) is 4.90 Å². The van der Waals surface area contributed by atoms with Crippen LogP contribution in [0.15, 0.2) is 108 Å². The first-order valence-electron chi connectivity index (χ1n) is 35.0. The summed E-state index contributed by atoms with van der Waals surface area (Å²) in [5, 5.41) is 53.7. The van der Waals surface area contributed by atoms with Crippen LogP contribution in [-0.4, -0.2) is 177 Å². The summed E-state index contributed by atoms with van der Waals surface area (Å²) in [6.07, 6.45) is 8.11. The number of benzene rings is 3. The van der Waals surface area contributed by atoms with Gasteiger partial charge in [-0.2, -0.15) is 5.26 Å². The molecule has 0 spiro atoms. The number of nitrogens with two attached hydrogens (primary N) is 2. The number of piperidine rings is 1. The van der Waals surface area contributed by atoms with Gasteiger partial charge in [-0.15, -0.1) is 10.2 Å². The summed E-state index contributed by atoms with van der Waals surface area (Å²) in [6, 6.07) is 28.8. The van der Waals surface area contributed by atoms with Crippen LogP contribution in [0.1, 0.15) is 132 Å². The molecule has 2 unspecified atom stereocenters. The third-order valence-corrected chi connectivity index (χ3v) is 20.5. The SMILES string of the molecule is CC(C)[C@@H](C(=O)N1C[C@H](O)C[C@H]1C(=O)N[C@H](C)c1ccc(C#N)cc1)c1cc(OCCN2CCC(OC3CC(Oc4cc(N5C6CCC5CN(c5cc(-c7ccccc7OCc7ccc(NC(=O)[C@H](CCCNC(N)=O)NC(=O)C8(C(=O)O)CCC8)cc7)nnc5N)C6)ccn4)C3)CC2)no1. The average Bonchev–Trinajstić information content (AvgIpc) is 1.42. The average molecular weight is 1380 g/mol. The van der Waals surface area contributed by atoms with Crippen molar-refractivity contribution < 1.29 is 62.5 Å². The summed E-state index contributed by atoms with van der Waals surface area (Å²) in [5.41, 5.74) is 16.0. The number of nitriles is 1. The summed E-state index contributed by atoms with van der Waals surface area (Å²) in [5.74, 6) is -2.02. The molecule has 4 saturated heterocycles. The van der Waals surface area contributed by atoms with Crippen molar-refractivity contribution in [3.05, 3.63) is 126 Å². The fraction of sp³-hybridized carbons (Fsp3) is 0.493. The number of primary amides is 1. The number of nitrogens with one attached hydrogen (secondary N) is 4. The summed E-state index contributed by atoms with van der Waals surface area (Å²) >= 11 is 0. The lowest BCUT2D eigenvalue weighted by atomic mass is 9.68. The van der Waals surface area contributed by atoms with Crippen molar-refractivity contribution in [1.29, 1.82) is 5.26 Å². The molecular formula is C73H89N15O13. The Kier molecular flexibility index (Phi) is 22.1. The van der Waals surface area contributed by atoms with Gasteiger partial charge in [-0.3, -0.25) is 28.9 Å². The van der Waals surface area contributed by atoms with Crippen molar-refractivity contribution in [2.24, 2.45) is 17.1 Å². The molecule has 7 heterocycles. The highest BCUT2D eigenvalue weighted by atomic mass is 16.5. The minimum atomic E-state index is -1.57. The number of amides is 6. The van der Waals surface area contributed by atoms with Gasteiger partial charge < -0.3 is 81.1 Å². The van der Waals surface area contributed by atoms with Gasteiger partial charge in [-0.05, 0) is 129 Å². The normalized spacial score (nSPS) is 21.8. The number of aliphatic carboxylic acids is 1. The Bertz CT molecular complexity index is 3950. The number of hydrogen-bond acceptors (Lipinski definition) is 21. The number of rotatable bonds is 29. The van der Waals surface area contributed by atoms with Crippen LogP contribution in [0.2, 0.25) is 0 Å². The second-order valence-corrected chi connectivity index (χ2v) is 27.7. The topological polar surface area (TPSA) is 381 Å². The number of carbonyl (C=O) groups excluding carboxylic acids is 5. The predicted molar refractivity (Wildman–Crippen MR) is 371 cm³/mol. The first kappa shape index (κ1) is 70.7. The molecule has 4 aliphatic heterocycles. The lowest BCUT2D eigenvalue weighted by molar-refractivity contribution is -0.162. The third-order valence-electron chi connectivity index (χ3n) is 20.5. The molecule has 3 aromatic heterocycles. The molecule has 2 bridgehead atoms. The van der Waals surface area contributed by atoms with E-state index in [1.54, 1.807) is 42.5 Å². The summed E-state index contributed by atoms with van der Waals surface area (Å²) < 4.78 is 31.2. The van der Waals surface area contributed by atoms with Gasteiger partial charge >= 0.3 is 12.0 Å². The smallest absolute Gasteiger partial charge is 0.319 e. The van der Waals surface area contributed by atoms with Gasteiger partial charge in [0.2, 0.25) is 29.5 Å². The first-order chi connectivity index (χ1) is 48.8. The van der Waals surface area contributed by atoms with Crippen LogP contribution in [0.3, 0.4) is 0 Å². The van der Waals surface area contributed by atoms with Crippen molar-refractivity contribution in [1.82, 2.24) is 46.1 Å². The van der Waals surface area contributed by atoms with Crippen LogP contribution in [0.5, 0.6) is 17.5 Å². The number of para-hydroxylation sites is 1. The molecule has 3 aromatic carbocycles. The molecule has 2 saturated carbocycles. The van der Waals surface area contributed by atoms with Crippen LogP contribution in [0, 0.1) is 22.7 Å². The Labute approximate surface area is 585 Å². The molecule has 12 rings (SSSR count). The fourth-order valence-electron chi connectivity index (χ4n) is 14.6. The van der Waals surface area contributed by atoms with Gasteiger partial charge in [0, 0.05) is 112 Å². The van der Waals surface area contributed by atoms with E-state index in [2.05, 4.69) is 74.5 Å². The van der Waals surface area contributed by atoms with E-state index < -0.39 is 53.3 Å². The Morgan fingerprint density at radius 3 is 2.27 bits per heavy atom. The van der Waals surface area contributed by atoms with Gasteiger partial charge in [0.25, 0.3) is 5.88 Å². The second-order valence-electron chi connectivity index (χ2n) is 27.7. The van der Waals surface area contributed by atoms with Crippen LogP contribution in [-0.2, 0) is 35.3 Å². The number of carboxylic acid groups (broad SMARTS) is 1. The molecule has 28 heteroatoms. The molecule has 534 valence electrons. The molecule has 0 radical (unpaired) electrons. The van der Waals surface area contributed by atoms with Gasteiger partial charge in [0.1, 0.15) is 48.5 Å². The third kappa shape index (κ3) is 16.7. The Balaban J connectivity index is 0.568. The number of fused-ring (bicyclic) bond motifs is 2. The highest BCUT2D eigenvalue weighted by Crippen LogP contribution is 2.43. The van der Waals surface area contributed by atoms with Gasteiger partial charge in [-0.25, -0.2) is 9.78 Å². The zero-order valence-electron chi connectivity index (χ0n) is 57.1. The summed E-state index contributed by atoms with van der Waals surface area (Å²) in [4.78, 5) is 91.0. The summed E-state index contributed by atoms with van der Waals surface area (Å²) in [6.45, 7) is 10.2. The zero-order valence-corrected chi connectivity index (χ0v) is 57.1. The molecule has 6 aromatic rings. The van der Waals surface area contributed by atoms with Crippen molar-refractivity contribution in [2.45, 2.75) is 165 Å². The van der Waals surface area contributed by atoms with E-state index >= 15 is 0 Å². The number of hydrogen-bond donors (Lipinski definition) is 8. The zero-order chi connectivity index (χ0) is 70.9. The number of nitrogens with zero attached hydrogens (tertiary/aromatic N) is 9. The number of pyridine rings is 1. The number of urea groups is 1. The highest BCUT2D eigenvalue weighted by Gasteiger charge is 2.52. The van der Waals surface area contributed by atoms with Crippen LogP contribution < -0.4 is 56.7 Å². The van der Waals surface area contributed by atoms with Crippen molar-refractivity contribution in [3.8, 4) is 34.8 Å². The number of aliphatic hydroxyl groups is 1. The van der Waals surface area contributed by atoms with Crippen molar-refractivity contribution in [2.75, 3.05) is 73.3 Å². The monoisotopic (exact) mass is 1380 g/mol. The maximum Gasteiger partial charge on any atom is 0.319 e. The Morgan fingerprint density at radius 1 is 0.832 bits per heavy atom. The number of carboxylic acids is 1. The van der Waals surface area contributed by atoms with E-state index in [4.69, 9.17) is 34.9 Å². The minimum Gasteiger partial charge on any atom is -0.488 e. The molecule has 7 atom stereocenters. The summed E-state index contributed by atoms with van der Waals surface area (Å²) in [7, 11) is 0. The molecule has 28 nitrogen and oxygen atoms in total. The van der Waals surface area contributed by atoms with Crippen molar-refractivity contribution >= 4 is 58.5 Å². The Morgan fingerprint density at radius 2 is 1.57 bits per heavy atom. The predicted octanol–water partition coefficient (Wildman–Crippen LogP) is 6.59. The van der Waals surface area contributed by atoms with E-state index in [-0.39, 0.29) is 105 Å². The number of aromatic nitrogens is 4. The number of anilines is 4. The molecule has 6 amide bonds. The molecule has 6 fully saturated rings. The van der Waals surface area contributed by atoms with E-state index in [9.17, 15) is 44.2 Å². The quantitative estimate of drug-likeness (QED) is 0.0181. The largest absolute Gasteiger partial charge is 0.488 e. The first-order valence-corrected chi connectivity index (χ1v) is 35.0. The number of β-amino-alcohol motifs (C(OH)–C–C–N with tert-alkyl or cyclic N) is 1. The molecule has 6 aliphatic rings. The fourth-order valence-corrected chi connectivity index (χ4v) is 14.6. The maximum absolute atomic E-state index is 14.2. The number of likely N-dealkylation sites (tertiary alicyclic amines) is 2. The van der Waals surface area contributed by atoms with Crippen LogP contribution in [0.25, 0.3) is 11.3 Å². The van der Waals surface area contributed by atoms with E-state index in [0.29, 0.717) is 66.1 Å². The van der Waals surface area contributed by atoms with Gasteiger partial charge in [-0.1, -0.05) is 56.7 Å². The number of nitrogen functional groups attached to an aromatic ring is 1. The maximum atomic E-state index is 14.2. The highest BCUT2D eigenvalue weighted by molar-refractivity contribution is 6.05. The van der Waals surface area contributed by atoms with Crippen LogP contribution >= 0.6 is 0 Å².